The van der Waals surface area contributed by atoms with E-state index >= 15 is 0 Å². The van der Waals surface area contributed by atoms with E-state index in [4.69, 9.17) is 21.1 Å². The summed E-state index contributed by atoms with van der Waals surface area (Å²) >= 11 is 5.93. The van der Waals surface area contributed by atoms with Crippen LogP contribution >= 0.6 is 11.6 Å². The van der Waals surface area contributed by atoms with Gasteiger partial charge in [-0.05, 0) is 26.0 Å². The van der Waals surface area contributed by atoms with Crippen LogP contribution < -0.4 is 10.1 Å². The van der Waals surface area contributed by atoms with Crippen LogP contribution in [0.1, 0.15) is 13.8 Å². The predicted octanol–water partition coefficient (Wildman–Crippen LogP) is 2.96. The van der Waals surface area contributed by atoms with Crippen LogP contribution in [0.5, 0.6) is 5.75 Å². The van der Waals surface area contributed by atoms with Crippen LogP contribution in [0.25, 0.3) is 0 Å². The summed E-state index contributed by atoms with van der Waals surface area (Å²) < 4.78 is 9.87. The van der Waals surface area contributed by atoms with Gasteiger partial charge < -0.3 is 14.8 Å². The Balaban J connectivity index is 2.72. The molecule has 0 atom stereocenters. The number of carbonyl (C=O) groups is 1. The highest BCUT2D eigenvalue weighted by Gasteiger charge is 2.28. The highest BCUT2D eigenvalue weighted by atomic mass is 35.5. The van der Waals surface area contributed by atoms with E-state index in [2.05, 4.69) is 5.32 Å². The maximum Gasteiger partial charge on any atom is 0.313 e. The minimum Gasteiger partial charge on any atom is -0.495 e. The van der Waals surface area contributed by atoms with Gasteiger partial charge in [-0.25, -0.2) is 0 Å². The van der Waals surface area contributed by atoms with Crippen LogP contribution in [0, 0.1) is 5.41 Å². The summed E-state index contributed by atoms with van der Waals surface area (Å²) in [6, 6.07) is 5.36. The summed E-state index contributed by atoms with van der Waals surface area (Å²) in [4.78, 5) is 11.5. The summed E-state index contributed by atoms with van der Waals surface area (Å²) in [6.45, 7) is 4.10. The van der Waals surface area contributed by atoms with E-state index in [9.17, 15) is 4.79 Å². The second-order valence-electron chi connectivity index (χ2n) is 4.58. The average molecular weight is 272 g/mol. The Morgan fingerprint density at radius 1 is 1.39 bits per heavy atom. The van der Waals surface area contributed by atoms with Gasteiger partial charge in [0.2, 0.25) is 0 Å². The summed E-state index contributed by atoms with van der Waals surface area (Å²) in [6.07, 6.45) is 0. The van der Waals surface area contributed by atoms with E-state index in [1.54, 1.807) is 19.2 Å². The number of halogens is 1. The van der Waals surface area contributed by atoms with Crippen molar-refractivity contribution < 1.29 is 14.3 Å². The molecule has 5 heteroatoms. The Morgan fingerprint density at radius 3 is 2.61 bits per heavy atom. The average Bonchev–Trinajstić information content (AvgIpc) is 2.36. The van der Waals surface area contributed by atoms with E-state index < -0.39 is 5.41 Å². The SMILES string of the molecule is COC(=O)C(C)(C)CNc1ccc(Cl)c(OC)c1. The highest BCUT2D eigenvalue weighted by molar-refractivity contribution is 6.32. The number of ether oxygens (including phenoxy) is 2. The van der Waals surface area contributed by atoms with Gasteiger partial charge in [0.1, 0.15) is 5.75 Å². The molecule has 0 aliphatic rings. The quantitative estimate of drug-likeness (QED) is 0.837. The predicted molar refractivity (Wildman–Crippen MR) is 72.3 cm³/mol. The third-order valence-electron chi connectivity index (χ3n) is 2.62. The maximum atomic E-state index is 11.5. The molecule has 4 nitrogen and oxygen atoms in total. The first kappa shape index (κ1) is 14.6. The number of esters is 1. The number of rotatable bonds is 5. The van der Waals surface area contributed by atoms with Crippen LogP contribution in [-0.2, 0) is 9.53 Å². The van der Waals surface area contributed by atoms with E-state index in [0.717, 1.165) is 5.69 Å². The van der Waals surface area contributed by atoms with Gasteiger partial charge in [0.25, 0.3) is 0 Å². The lowest BCUT2D eigenvalue weighted by atomic mass is 9.93. The molecule has 0 amide bonds. The number of nitrogens with one attached hydrogen (secondary N) is 1. The van der Waals surface area contributed by atoms with Gasteiger partial charge in [0, 0.05) is 18.3 Å². The van der Waals surface area contributed by atoms with E-state index in [1.165, 1.54) is 7.11 Å². The largest absolute Gasteiger partial charge is 0.495 e. The molecule has 0 aromatic heterocycles. The summed E-state index contributed by atoms with van der Waals surface area (Å²) in [7, 11) is 2.94. The lowest BCUT2D eigenvalue weighted by molar-refractivity contribution is -0.149. The molecule has 0 heterocycles. The molecule has 0 aliphatic heterocycles. The van der Waals surface area contributed by atoms with Crippen molar-refractivity contribution in [3.05, 3.63) is 23.2 Å². The van der Waals surface area contributed by atoms with Crippen LogP contribution in [0.3, 0.4) is 0 Å². The van der Waals surface area contributed by atoms with Crippen molar-refractivity contribution in [2.75, 3.05) is 26.1 Å². The minimum absolute atomic E-state index is 0.254. The molecule has 1 aromatic rings. The third kappa shape index (κ3) is 3.53. The van der Waals surface area contributed by atoms with Crippen molar-refractivity contribution in [1.82, 2.24) is 0 Å². The molecule has 0 saturated heterocycles. The molecular formula is C13H18ClNO3. The summed E-state index contributed by atoms with van der Waals surface area (Å²) in [5.74, 6) is 0.341. The number of methoxy groups -OCH3 is 2. The van der Waals surface area contributed by atoms with Crippen molar-refractivity contribution in [3.8, 4) is 5.75 Å². The number of hydrogen-bond acceptors (Lipinski definition) is 4. The molecule has 0 spiro atoms. The fraction of sp³-hybridized carbons (Fsp3) is 0.462. The Bertz CT molecular complexity index is 432. The van der Waals surface area contributed by atoms with Gasteiger partial charge in [0.15, 0.2) is 0 Å². The molecule has 0 fully saturated rings. The molecule has 1 N–H and O–H groups in total. The molecule has 1 aromatic carbocycles. The summed E-state index contributed by atoms with van der Waals surface area (Å²) in [5.41, 5.74) is 0.245. The molecule has 0 radical (unpaired) electrons. The zero-order valence-electron chi connectivity index (χ0n) is 11.0. The van der Waals surface area contributed by atoms with E-state index in [1.807, 2.05) is 19.9 Å². The second kappa shape index (κ2) is 5.96. The molecule has 1 rings (SSSR count). The molecule has 0 bridgehead atoms. The Hall–Kier alpha value is -1.42. The Morgan fingerprint density at radius 2 is 2.06 bits per heavy atom. The Labute approximate surface area is 112 Å². The smallest absolute Gasteiger partial charge is 0.313 e. The maximum absolute atomic E-state index is 11.5. The third-order valence-corrected chi connectivity index (χ3v) is 2.94. The van der Waals surface area contributed by atoms with Crippen LogP contribution in [0.15, 0.2) is 18.2 Å². The fourth-order valence-corrected chi connectivity index (χ4v) is 1.64. The Kier molecular flexibility index (Phi) is 4.84. The lowest BCUT2D eigenvalue weighted by Gasteiger charge is -2.22. The number of carbonyl (C=O) groups excluding carboxylic acids is 1. The fourth-order valence-electron chi connectivity index (χ4n) is 1.44. The summed E-state index contributed by atoms with van der Waals surface area (Å²) in [5, 5.41) is 3.71. The van der Waals surface area contributed by atoms with Crippen molar-refractivity contribution >= 4 is 23.3 Å². The number of anilines is 1. The van der Waals surface area contributed by atoms with Crippen molar-refractivity contribution in [2.45, 2.75) is 13.8 Å². The van der Waals surface area contributed by atoms with E-state index in [-0.39, 0.29) is 5.97 Å². The van der Waals surface area contributed by atoms with Gasteiger partial charge in [-0.15, -0.1) is 0 Å². The zero-order valence-corrected chi connectivity index (χ0v) is 11.8. The number of hydrogen-bond donors (Lipinski definition) is 1. The molecule has 0 unspecified atom stereocenters. The van der Waals surface area contributed by atoms with Crippen molar-refractivity contribution in [2.24, 2.45) is 5.41 Å². The molecular weight excluding hydrogens is 254 g/mol. The molecule has 100 valence electrons. The molecule has 0 saturated carbocycles. The monoisotopic (exact) mass is 271 g/mol. The molecule has 0 aliphatic carbocycles. The van der Waals surface area contributed by atoms with E-state index in [0.29, 0.717) is 17.3 Å². The van der Waals surface area contributed by atoms with Crippen molar-refractivity contribution in [1.29, 1.82) is 0 Å². The standard InChI is InChI=1S/C13H18ClNO3/c1-13(2,12(16)18-4)8-15-9-5-6-10(14)11(7-9)17-3/h5-7,15H,8H2,1-4H3. The zero-order chi connectivity index (χ0) is 13.8. The van der Waals surface area contributed by atoms with Gasteiger partial charge in [-0.1, -0.05) is 11.6 Å². The molecule has 18 heavy (non-hydrogen) atoms. The highest BCUT2D eigenvalue weighted by Crippen LogP contribution is 2.28. The van der Waals surface area contributed by atoms with Gasteiger partial charge >= 0.3 is 5.97 Å². The van der Waals surface area contributed by atoms with Crippen molar-refractivity contribution in [3.63, 3.8) is 0 Å². The van der Waals surface area contributed by atoms with Gasteiger partial charge in [0.05, 0.1) is 24.7 Å². The van der Waals surface area contributed by atoms with Crippen LogP contribution in [0.4, 0.5) is 5.69 Å². The first-order chi connectivity index (χ1) is 8.40. The van der Waals surface area contributed by atoms with Crippen LogP contribution in [0.2, 0.25) is 5.02 Å². The van der Waals surface area contributed by atoms with Crippen LogP contribution in [-0.4, -0.2) is 26.7 Å². The normalized spacial score (nSPS) is 10.9. The minimum atomic E-state index is -0.596. The second-order valence-corrected chi connectivity index (χ2v) is 4.99. The first-order valence-corrected chi connectivity index (χ1v) is 5.94. The number of benzene rings is 1. The first-order valence-electron chi connectivity index (χ1n) is 5.56. The van der Waals surface area contributed by atoms with Gasteiger partial charge in [-0.2, -0.15) is 0 Å². The topological polar surface area (TPSA) is 47.6 Å². The lowest BCUT2D eigenvalue weighted by Crippen LogP contribution is -2.33. The van der Waals surface area contributed by atoms with Gasteiger partial charge in [-0.3, -0.25) is 4.79 Å².